The molecule has 0 unspecified atom stereocenters. The lowest BCUT2D eigenvalue weighted by Crippen LogP contribution is -2.17. The Labute approximate surface area is 168 Å². The van der Waals surface area contributed by atoms with Gasteiger partial charge in [-0.2, -0.15) is 0 Å². The van der Waals surface area contributed by atoms with E-state index in [0.29, 0.717) is 0 Å². The number of para-hydroxylation sites is 2. The minimum Gasteiger partial charge on any atom is -0.493 e. The Bertz CT molecular complexity index is 859. The molecule has 0 aliphatic carbocycles. The lowest BCUT2D eigenvalue weighted by atomic mass is 10.1. The van der Waals surface area contributed by atoms with Crippen LogP contribution in [-0.4, -0.2) is 29.7 Å². The number of aromatic nitrogens is 2. The summed E-state index contributed by atoms with van der Waals surface area (Å²) in [4.78, 5) is 8.00. The quantitative estimate of drug-likeness (QED) is 0.475. The Morgan fingerprint density at radius 3 is 2.78 bits per heavy atom. The molecule has 2 aromatic carbocycles. The number of aryl methyl sites for hydroxylation is 1. The summed E-state index contributed by atoms with van der Waals surface area (Å²) >= 11 is 3.55. The largest absolute Gasteiger partial charge is 0.493 e. The summed E-state index contributed by atoms with van der Waals surface area (Å²) in [5.74, 6) is 2.59. The Morgan fingerprint density at radius 2 is 2.04 bits per heavy atom. The molecule has 3 aromatic rings. The highest BCUT2D eigenvalue weighted by Gasteiger charge is 2.14. The molecule has 0 aliphatic heterocycles. The van der Waals surface area contributed by atoms with Gasteiger partial charge in [0.15, 0.2) is 11.5 Å². The van der Waals surface area contributed by atoms with E-state index in [9.17, 15) is 0 Å². The molecular formula is C21H26BrN3O2. The fourth-order valence-electron chi connectivity index (χ4n) is 3.00. The average molecular weight is 432 g/mol. The van der Waals surface area contributed by atoms with Crippen LogP contribution >= 0.6 is 15.9 Å². The van der Waals surface area contributed by atoms with Crippen LogP contribution in [-0.2, 0) is 13.0 Å². The number of hydrogen-bond acceptors (Lipinski definition) is 4. The van der Waals surface area contributed by atoms with Crippen LogP contribution in [0.2, 0.25) is 0 Å². The molecule has 0 bridgehead atoms. The first-order valence-electron chi connectivity index (χ1n) is 9.24. The van der Waals surface area contributed by atoms with E-state index in [-0.39, 0.29) is 6.10 Å². The van der Waals surface area contributed by atoms with Crippen molar-refractivity contribution >= 4 is 27.0 Å². The van der Waals surface area contributed by atoms with E-state index in [1.165, 1.54) is 0 Å². The normalized spacial score (nSPS) is 11.3. The fourth-order valence-corrected chi connectivity index (χ4v) is 3.49. The molecule has 1 aromatic heterocycles. The monoisotopic (exact) mass is 431 g/mol. The molecule has 144 valence electrons. The Hall–Kier alpha value is -2.05. The molecule has 3 rings (SSSR count). The van der Waals surface area contributed by atoms with Gasteiger partial charge >= 0.3 is 0 Å². The lowest BCUT2D eigenvalue weighted by molar-refractivity contribution is 0.227. The first-order valence-corrected chi connectivity index (χ1v) is 10.0. The second-order valence-electron chi connectivity index (χ2n) is 6.74. The van der Waals surface area contributed by atoms with Gasteiger partial charge in [0, 0.05) is 23.0 Å². The summed E-state index contributed by atoms with van der Waals surface area (Å²) in [6.45, 7) is 5.66. The molecule has 0 spiro atoms. The van der Waals surface area contributed by atoms with Crippen LogP contribution in [0.15, 0.2) is 40.9 Å². The first-order chi connectivity index (χ1) is 13.1. The van der Waals surface area contributed by atoms with Crippen LogP contribution in [0.1, 0.15) is 31.7 Å². The number of hydrogen-bond donors (Lipinski definition) is 2. The van der Waals surface area contributed by atoms with Crippen molar-refractivity contribution in [2.45, 2.75) is 39.3 Å². The number of methoxy groups -OCH3 is 1. The predicted molar refractivity (Wildman–Crippen MR) is 113 cm³/mol. The molecule has 27 heavy (non-hydrogen) atoms. The molecular weight excluding hydrogens is 406 g/mol. The summed E-state index contributed by atoms with van der Waals surface area (Å²) in [5.41, 5.74) is 3.20. The van der Waals surface area contributed by atoms with Crippen LogP contribution in [0.4, 0.5) is 0 Å². The third-order valence-electron chi connectivity index (χ3n) is 4.19. The number of ether oxygens (including phenoxy) is 2. The van der Waals surface area contributed by atoms with E-state index in [2.05, 4.69) is 43.3 Å². The minimum atomic E-state index is 0.0897. The van der Waals surface area contributed by atoms with Gasteiger partial charge in [0.1, 0.15) is 5.82 Å². The van der Waals surface area contributed by atoms with Crippen molar-refractivity contribution in [1.29, 1.82) is 0 Å². The third kappa shape index (κ3) is 5.23. The molecule has 0 radical (unpaired) electrons. The highest BCUT2D eigenvalue weighted by atomic mass is 79.9. The molecule has 0 saturated heterocycles. The minimum absolute atomic E-state index is 0.0897. The van der Waals surface area contributed by atoms with Crippen LogP contribution in [0.5, 0.6) is 11.5 Å². The van der Waals surface area contributed by atoms with Gasteiger partial charge < -0.3 is 19.8 Å². The predicted octanol–water partition coefficient (Wildman–Crippen LogP) is 4.84. The molecule has 0 atom stereocenters. The van der Waals surface area contributed by atoms with Gasteiger partial charge in [0.05, 0.1) is 24.2 Å². The van der Waals surface area contributed by atoms with Gasteiger partial charge in [-0.25, -0.2) is 4.98 Å². The third-order valence-corrected chi connectivity index (χ3v) is 4.65. The number of halogens is 1. The standard InChI is InChI=1S/C21H26BrN3O2/c1-14(2)27-21-15(11-16(22)12-19(21)26-3)13-23-10-6-9-20-24-17-7-4-5-8-18(17)25-20/h4-5,7-8,11-12,14,23H,6,9-10,13H2,1-3H3,(H,24,25). The zero-order valence-corrected chi connectivity index (χ0v) is 17.6. The Morgan fingerprint density at radius 1 is 1.22 bits per heavy atom. The smallest absolute Gasteiger partial charge is 0.166 e. The lowest BCUT2D eigenvalue weighted by Gasteiger charge is -2.18. The van der Waals surface area contributed by atoms with Gasteiger partial charge in [0.25, 0.3) is 0 Å². The van der Waals surface area contributed by atoms with E-state index < -0.39 is 0 Å². The van der Waals surface area contributed by atoms with Crippen molar-refractivity contribution in [2.75, 3.05) is 13.7 Å². The topological polar surface area (TPSA) is 59.2 Å². The van der Waals surface area contributed by atoms with Crippen LogP contribution in [0, 0.1) is 0 Å². The molecule has 0 fully saturated rings. The number of nitrogens with one attached hydrogen (secondary N) is 2. The molecule has 2 N–H and O–H groups in total. The van der Waals surface area contributed by atoms with E-state index in [1.54, 1.807) is 7.11 Å². The molecule has 0 saturated carbocycles. The Balaban J connectivity index is 1.55. The Kier molecular flexibility index (Phi) is 6.74. The zero-order chi connectivity index (χ0) is 19.2. The van der Waals surface area contributed by atoms with Crippen molar-refractivity contribution in [3.63, 3.8) is 0 Å². The van der Waals surface area contributed by atoms with Crippen LogP contribution < -0.4 is 14.8 Å². The van der Waals surface area contributed by atoms with Crippen LogP contribution in [0.25, 0.3) is 11.0 Å². The number of nitrogens with zero attached hydrogens (tertiary/aromatic N) is 1. The van der Waals surface area contributed by atoms with Gasteiger partial charge in [-0.15, -0.1) is 0 Å². The second-order valence-corrected chi connectivity index (χ2v) is 7.66. The molecule has 5 nitrogen and oxygen atoms in total. The van der Waals surface area contributed by atoms with Crippen molar-refractivity contribution < 1.29 is 9.47 Å². The summed E-state index contributed by atoms with van der Waals surface area (Å²) in [7, 11) is 1.67. The van der Waals surface area contributed by atoms with Gasteiger partial charge in [0.2, 0.25) is 0 Å². The number of fused-ring (bicyclic) bond motifs is 1. The first kappa shape index (κ1) is 19.7. The number of H-pyrrole nitrogens is 1. The maximum atomic E-state index is 5.98. The van der Waals surface area contributed by atoms with Crippen molar-refractivity contribution in [3.05, 3.63) is 52.3 Å². The molecule has 0 aliphatic rings. The highest BCUT2D eigenvalue weighted by Crippen LogP contribution is 2.35. The van der Waals surface area contributed by atoms with Gasteiger partial charge in [-0.05, 0) is 51.1 Å². The number of aromatic amines is 1. The summed E-state index contributed by atoms with van der Waals surface area (Å²) in [6, 6.07) is 12.1. The van der Waals surface area contributed by atoms with E-state index >= 15 is 0 Å². The van der Waals surface area contributed by atoms with Crippen molar-refractivity contribution in [2.24, 2.45) is 0 Å². The SMILES string of the molecule is COc1cc(Br)cc(CNCCCc2nc3ccccc3[nH]2)c1OC(C)C. The fraction of sp³-hybridized carbons (Fsp3) is 0.381. The van der Waals surface area contributed by atoms with Crippen molar-refractivity contribution in [1.82, 2.24) is 15.3 Å². The van der Waals surface area contributed by atoms with Crippen molar-refractivity contribution in [3.8, 4) is 11.5 Å². The number of rotatable bonds is 9. The highest BCUT2D eigenvalue weighted by molar-refractivity contribution is 9.10. The van der Waals surface area contributed by atoms with E-state index in [1.807, 2.05) is 38.1 Å². The molecule has 0 amide bonds. The maximum absolute atomic E-state index is 5.98. The maximum Gasteiger partial charge on any atom is 0.166 e. The average Bonchev–Trinajstić information content (AvgIpc) is 3.05. The number of imidazole rings is 1. The second kappa shape index (κ2) is 9.24. The van der Waals surface area contributed by atoms with E-state index in [4.69, 9.17) is 9.47 Å². The number of benzene rings is 2. The zero-order valence-electron chi connectivity index (χ0n) is 16.0. The summed E-state index contributed by atoms with van der Waals surface area (Å²) in [5, 5.41) is 3.50. The summed E-state index contributed by atoms with van der Waals surface area (Å²) < 4.78 is 12.4. The molecule has 6 heteroatoms. The van der Waals surface area contributed by atoms with Gasteiger partial charge in [-0.1, -0.05) is 28.1 Å². The molecule has 1 heterocycles. The van der Waals surface area contributed by atoms with Gasteiger partial charge in [-0.3, -0.25) is 0 Å². The van der Waals surface area contributed by atoms with Crippen LogP contribution in [0.3, 0.4) is 0 Å². The van der Waals surface area contributed by atoms with E-state index in [0.717, 1.165) is 64.3 Å². The summed E-state index contributed by atoms with van der Waals surface area (Å²) in [6.07, 6.45) is 2.01.